The molecule has 0 unspecified atom stereocenters. The van der Waals surface area contributed by atoms with Gasteiger partial charge in [-0.2, -0.15) is 0 Å². The van der Waals surface area contributed by atoms with Crippen molar-refractivity contribution in [2.45, 2.75) is 41.5 Å². The van der Waals surface area contributed by atoms with Crippen molar-refractivity contribution in [1.29, 1.82) is 0 Å². The second-order valence-corrected chi connectivity index (χ2v) is 3.41. The van der Waals surface area contributed by atoms with Crippen LogP contribution in [0.4, 0.5) is 0 Å². The molecular weight excluding hydrogens is 220 g/mol. The number of aromatic nitrogens is 2. The Labute approximate surface area is 111 Å². The van der Waals surface area contributed by atoms with Crippen LogP contribution in [0.25, 0.3) is 11.3 Å². The molecule has 98 valence electrons. The van der Waals surface area contributed by atoms with Crippen molar-refractivity contribution in [3.63, 3.8) is 0 Å². The number of pyridine rings is 2. The summed E-state index contributed by atoms with van der Waals surface area (Å²) in [5.74, 6) is 0. The fourth-order valence-corrected chi connectivity index (χ4v) is 1.31. The normalized spacial score (nSPS) is 8.56. The second-order valence-electron chi connectivity index (χ2n) is 3.41. The minimum absolute atomic E-state index is 0.984. The van der Waals surface area contributed by atoms with E-state index in [9.17, 15) is 0 Å². The molecule has 0 amide bonds. The summed E-state index contributed by atoms with van der Waals surface area (Å²) in [4.78, 5) is 8.54. The molecule has 2 heterocycles. The Kier molecular flexibility index (Phi) is 8.46. The summed E-state index contributed by atoms with van der Waals surface area (Å²) >= 11 is 0. The molecule has 2 aromatic rings. The number of nitrogens with zero attached hydrogens (tertiary/aromatic N) is 2. The van der Waals surface area contributed by atoms with Crippen LogP contribution in [0, 0.1) is 13.8 Å². The molecule has 0 aliphatic rings. The summed E-state index contributed by atoms with van der Waals surface area (Å²) in [5.41, 5.74) is 4.30. The first-order valence-corrected chi connectivity index (χ1v) is 6.61. The molecule has 0 fully saturated rings. The maximum Gasteiger partial charge on any atom is 0.0720 e. The van der Waals surface area contributed by atoms with Crippen molar-refractivity contribution < 1.29 is 0 Å². The van der Waals surface area contributed by atoms with Gasteiger partial charge in [-0.1, -0.05) is 27.7 Å². The third kappa shape index (κ3) is 5.09. The lowest BCUT2D eigenvalue weighted by Crippen LogP contribution is -1.86. The van der Waals surface area contributed by atoms with E-state index in [-0.39, 0.29) is 0 Å². The Morgan fingerprint density at radius 3 is 2.00 bits per heavy atom. The van der Waals surface area contributed by atoms with Crippen LogP contribution < -0.4 is 0 Å². The van der Waals surface area contributed by atoms with Crippen LogP contribution in [0.2, 0.25) is 0 Å². The minimum Gasteiger partial charge on any atom is -0.261 e. The molecule has 0 aliphatic carbocycles. The van der Waals surface area contributed by atoms with Crippen LogP contribution in [-0.2, 0) is 0 Å². The first kappa shape index (κ1) is 16.3. The van der Waals surface area contributed by atoms with Crippen LogP contribution in [0.1, 0.15) is 39.0 Å². The van der Waals surface area contributed by atoms with Crippen LogP contribution in [-0.4, -0.2) is 9.97 Å². The molecule has 2 heteroatoms. The van der Waals surface area contributed by atoms with E-state index in [1.54, 1.807) is 0 Å². The maximum atomic E-state index is 4.30. The van der Waals surface area contributed by atoms with Crippen molar-refractivity contribution in [1.82, 2.24) is 9.97 Å². The Morgan fingerprint density at radius 1 is 0.833 bits per heavy atom. The Morgan fingerprint density at radius 2 is 1.50 bits per heavy atom. The molecule has 0 radical (unpaired) electrons. The van der Waals surface area contributed by atoms with Gasteiger partial charge in [-0.25, -0.2) is 0 Å². The third-order valence-corrected chi connectivity index (χ3v) is 2.12. The Balaban J connectivity index is 0.000000659. The van der Waals surface area contributed by atoms with Crippen LogP contribution in [0.3, 0.4) is 0 Å². The van der Waals surface area contributed by atoms with E-state index in [4.69, 9.17) is 0 Å². The molecule has 2 rings (SSSR count). The van der Waals surface area contributed by atoms with Gasteiger partial charge >= 0.3 is 0 Å². The molecule has 0 aromatic carbocycles. The zero-order valence-electron chi connectivity index (χ0n) is 12.4. The van der Waals surface area contributed by atoms with E-state index in [1.807, 2.05) is 65.2 Å². The van der Waals surface area contributed by atoms with Crippen LogP contribution in [0.5, 0.6) is 0 Å². The van der Waals surface area contributed by atoms with Crippen molar-refractivity contribution >= 4 is 0 Å². The summed E-state index contributed by atoms with van der Waals surface area (Å²) in [6.45, 7) is 12.0. The van der Waals surface area contributed by atoms with Gasteiger partial charge in [-0.15, -0.1) is 0 Å². The van der Waals surface area contributed by atoms with Crippen molar-refractivity contribution in [2.75, 3.05) is 0 Å². The van der Waals surface area contributed by atoms with Gasteiger partial charge < -0.3 is 0 Å². The zero-order chi connectivity index (χ0) is 14.0. The molecule has 0 bridgehead atoms. The average Bonchev–Trinajstić information content (AvgIpc) is 2.44. The molecule has 0 atom stereocenters. The summed E-state index contributed by atoms with van der Waals surface area (Å²) in [5, 5.41) is 0. The molecule has 2 nitrogen and oxygen atoms in total. The van der Waals surface area contributed by atoms with Crippen LogP contribution >= 0.6 is 0 Å². The monoisotopic (exact) mass is 244 g/mol. The first-order valence-electron chi connectivity index (χ1n) is 6.61. The maximum absolute atomic E-state index is 4.30. The van der Waals surface area contributed by atoms with E-state index >= 15 is 0 Å². The summed E-state index contributed by atoms with van der Waals surface area (Å²) in [6.07, 6.45) is 3.68. The Bertz CT molecular complexity index is 433. The standard InChI is InChI=1S/C12H12N2.2C2H6/c1-9-5-6-13-12(7-9)11-4-3-10(2)14-8-11;2*1-2/h3-8H,1-2H3;2*1-2H3. The molecular formula is C16H24N2. The van der Waals surface area contributed by atoms with Crippen molar-refractivity contribution in [2.24, 2.45) is 0 Å². The molecule has 0 saturated carbocycles. The third-order valence-electron chi connectivity index (χ3n) is 2.12. The number of hydrogen-bond acceptors (Lipinski definition) is 2. The smallest absolute Gasteiger partial charge is 0.0720 e. The minimum atomic E-state index is 0.984. The predicted octanol–water partition coefficient (Wildman–Crippen LogP) is 4.81. The highest BCUT2D eigenvalue weighted by molar-refractivity contribution is 5.58. The lowest BCUT2D eigenvalue weighted by Gasteiger charge is -2.01. The first-order chi connectivity index (χ1) is 8.75. The summed E-state index contributed by atoms with van der Waals surface area (Å²) < 4.78 is 0. The highest BCUT2D eigenvalue weighted by Crippen LogP contribution is 2.16. The van der Waals surface area contributed by atoms with E-state index in [2.05, 4.69) is 23.0 Å². The molecule has 0 spiro atoms. The van der Waals surface area contributed by atoms with Crippen molar-refractivity contribution in [3.8, 4) is 11.3 Å². The van der Waals surface area contributed by atoms with Gasteiger partial charge in [0.25, 0.3) is 0 Å². The Hall–Kier alpha value is -1.70. The van der Waals surface area contributed by atoms with E-state index in [0.717, 1.165) is 17.0 Å². The largest absolute Gasteiger partial charge is 0.261 e. The number of rotatable bonds is 1. The fourth-order valence-electron chi connectivity index (χ4n) is 1.31. The van der Waals surface area contributed by atoms with Gasteiger partial charge in [0.2, 0.25) is 0 Å². The summed E-state index contributed by atoms with van der Waals surface area (Å²) in [7, 11) is 0. The van der Waals surface area contributed by atoms with Gasteiger partial charge in [0.1, 0.15) is 0 Å². The van der Waals surface area contributed by atoms with Gasteiger partial charge in [0, 0.05) is 23.7 Å². The highest BCUT2D eigenvalue weighted by Gasteiger charge is 1.98. The predicted molar refractivity (Wildman–Crippen MR) is 79.6 cm³/mol. The molecule has 0 N–H and O–H groups in total. The molecule has 2 aromatic heterocycles. The number of hydrogen-bond donors (Lipinski definition) is 0. The average molecular weight is 244 g/mol. The molecule has 0 aliphatic heterocycles. The second kappa shape index (κ2) is 9.34. The van der Waals surface area contributed by atoms with E-state index < -0.39 is 0 Å². The van der Waals surface area contributed by atoms with Gasteiger partial charge in [0.05, 0.1) is 5.69 Å². The van der Waals surface area contributed by atoms with Crippen molar-refractivity contribution in [3.05, 3.63) is 47.9 Å². The molecule has 18 heavy (non-hydrogen) atoms. The quantitative estimate of drug-likeness (QED) is 0.719. The summed E-state index contributed by atoms with van der Waals surface area (Å²) in [6, 6.07) is 8.10. The van der Waals surface area contributed by atoms with E-state index in [1.165, 1.54) is 5.56 Å². The highest BCUT2D eigenvalue weighted by atomic mass is 14.7. The lowest BCUT2D eigenvalue weighted by atomic mass is 10.1. The SMILES string of the molecule is CC.CC.Cc1ccnc(-c2ccc(C)nc2)c1. The van der Waals surface area contributed by atoms with Gasteiger partial charge in [-0.3, -0.25) is 9.97 Å². The van der Waals surface area contributed by atoms with Gasteiger partial charge in [0.15, 0.2) is 0 Å². The zero-order valence-corrected chi connectivity index (χ0v) is 12.4. The molecule has 0 saturated heterocycles. The van der Waals surface area contributed by atoms with Crippen LogP contribution in [0.15, 0.2) is 36.7 Å². The topological polar surface area (TPSA) is 25.8 Å². The van der Waals surface area contributed by atoms with Gasteiger partial charge in [-0.05, 0) is 43.7 Å². The lowest BCUT2D eigenvalue weighted by molar-refractivity contribution is 1.19. The van der Waals surface area contributed by atoms with E-state index in [0.29, 0.717) is 0 Å². The number of aryl methyl sites for hydroxylation is 2. The fraction of sp³-hybridized carbons (Fsp3) is 0.375.